The van der Waals surface area contributed by atoms with Crippen LogP contribution in [0.25, 0.3) is 0 Å². The van der Waals surface area contributed by atoms with E-state index in [1.54, 1.807) is 4.90 Å². The predicted molar refractivity (Wildman–Crippen MR) is 110 cm³/mol. The fourth-order valence-corrected chi connectivity index (χ4v) is 3.43. The molecule has 6 heteroatoms. The second-order valence-corrected chi connectivity index (χ2v) is 8.93. The summed E-state index contributed by atoms with van der Waals surface area (Å²) in [6.07, 6.45) is 1.64. The quantitative estimate of drug-likeness (QED) is 0.664. The molecule has 1 aliphatic heterocycles. The number of pyridine rings is 1. The second-order valence-electron chi connectivity index (χ2n) is 8.93. The van der Waals surface area contributed by atoms with Crippen LogP contribution in [0.3, 0.4) is 0 Å². The van der Waals surface area contributed by atoms with E-state index in [1.165, 1.54) is 0 Å². The molecule has 1 aliphatic rings. The first kappa shape index (κ1) is 22.3. The maximum atomic E-state index is 12.4. The SMILES string of the molecule is CCOc1ccc(OC(CC(C)C)[C@H]2CCN(C(=O)OC(C)(C)C)C2)c(C)n1. The van der Waals surface area contributed by atoms with Gasteiger partial charge in [0.15, 0.2) is 0 Å². The molecule has 2 rings (SSSR count). The average molecular weight is 393 g/mol. The molecule has 0 aliphatic carbocycles. The van der Waals surface area contributed by atoms with Gasteiger partial charge in [-0.05, 0) is 59.4 Å². The van der Waals surface area contributed by atoms with Gasteiger partial charge in [-0.3, -0.25) is 0 Å². The number of hydrogen-bond donors (Lipinski definition) is 0. The summed E-state index contributed by atoms with van der Waals surface area (Å²) in [5.74, 6) is 2.17. The van der Waals surface area contributed by atoms with Crippen LogP contribution in [0.5, 0.6) is 11.6 Å². The molecule has 0 spiro atoms. The van der Waals surface area contributed by atoms with Crippen LogP contribution in [0.15, 0.2) is 12.1 Å². The Labute approximate surface area is 169 Å². The molecule has 0 radical (unpaired) electrons. The highest BCUT2D eigenvalue weighted by Gasteiger charge is 2.35. The van der Waals surface area contributed by atoms with Gasteiger partial charge in [-0.2, -0.15) is 0 Å². The molecule has 2 atom stereocenters. The summed E-state index contributed by atoms with van der Waals surface area (Å²) >= 11 is 0. The Bertz CT molecular complexity index is 654. The van der Waals surface area contributed by atoms with E-state index >= 15 is 0 Å². The molecule has 1 unspecified atom stereocenters. The molecule has 1 aromatic rings. The van der Waals surface area contributed by atoms with Crippen molar-refractivity contribution >= 4 is 6.09 Å². The van der Waals surface area contributed by atoms with Gasteiger partial charge >= 0.3 is 6.09 Å². The molecule has 1 fully saturated rings. The van der Waals surface area contributed by atoms with Crippen LogP contribution in [0.4, 0.5) is 4.79 Å². The Kier molecular flexibility index (Phi) is 7.55. The van der Waals surface area contributed by atoms with E-state index in [9.17, 15) is 4.79 Å². The fourth-order valence-electron chi connectivity index (χ4n) is 3.43. The van der Waals surface area contributed by atoms with Gasteiger partial charge in [0.2, 0.25) is 5.88 Å². The first-order chi connectivity index (χ1) is 13.1. The predicted octanol–water partition coefficient (Wildman–Crippen LogP) is 4.84. The van der Waals surface area contributed by atoms with Crippen molar-refractivity contribution < 1.29 is 19.0 Å². The molecule has 1 aromatic heterocycles. The number of rotatable bonds is 7. The fraction of sp³-hybridized carbons (Fsp3) is 0.727. The van der Waals surface area contributed by atoms with Gasteiger partial charge < -0.3 is 19.1 Å². The Balaban J connectivity index is 2.07. The number of aromatic nitrogens is 1. The monoisotopic (exact) mass is 392 g/mol. The van der Waals surface area contributed by atoms with Gasteiger partial charge in [0, 0.05) is 25.1 Å². The number of ether oxygens (including phenoxy) is 3. The van der Waals surface area contributed by atoms with Crippen LogP contribution in [-0.4, -0.2) is 47.4 Å². The van der Waals surface area contributed by atoms with Crippen molar-refractivity contribution in [3.63, 3.8) is 0 Å². The Morgan fingerprint density at radius 2 is 2.04 bits per heavy atom. The van der Waals surface area contributed by atoms with Crippen molar-refractivity contribution in [2.45, 2.75) is 73.0 Å². The van der Waals surface area contributed by atoms with E-state index in [-0.39, 0.29) is 18.1 Å². The van der Waals surface area contributed by atoms with Crippen LogP contribution in [0, 0.1) is 18.8 Å². The number of amides is 1. The minimum absolute atomic E-state index is 0.0332. The molecular formula is C22H36N2O4. The van der Waals surface area contributed by atoms with Gasteiger partial charge in [-0.25, -0.2) is 9.78 Å². The zero-order chi connectivity index (χ0) is 20.9. The molecule has 1 amide bonds. The number of carbonyl (C=O) groups excluding carboxylic acids is 1. The lowest BCUT2D eigenvalue weighted by atomic mass is 9.93. The zero-order valence-electron chi connectivity index (χ0n) is 18.4. The summed E-state index contributed by atoms with van der Waals surface area (Å²) in [5, 5.41) is 0. The van der Waals surface area contributed by atoms with Gasteiger partial charge in [-0.1, -0.05) is 13.8 Å². The van der Waals surface area contributed by atoms with Crippen molar-refractivity contribution in [2.75, 3.05) is 19.7 Å². The second kappa shape index (κ2) is 9.48. The lowest BCUT2D eigenvalue weighted by Gasteiger charge is -2.28. The maximum Gasteiger partial charge on any atom is 0.410 e. The van der Waals surface area contributed by atoms with Crippen LogP contribution >= 0.6 is 0 Å². The van der Waals surface area contributed by atoms with Gasteiger partial charge in [0.1, 0.15) is 17.5 Å². The van der Waals surface area contributed by atoms with E-state index < -0.39 is 5.60 Å². The van der Waals surface area contributed by atoms with Crippen molar-refractivity contribution in [1.29, 1.82) is 0 Å². The molecule has 1 saturated heterocycles. The van der Waals surface area contributed by atoms with Crippen LogP contribution < -0.4 is 9.47 Å². The highest BCUT2D eigenvalue weighted by molar-refractivity contribution is 5.68. The molecule has 0 saturated carbocycles. The molecule has 28 heavy (non-hydrogen) atoms. The third-order valence-electron chi connectivity index (χ3n) is 4.69. The minimum Gasteiger partial charge on any atom is -0.488 e. The minimum atomic E-state index is -0.478. The van der Waals surface area contributed by atoms with Crippen molar-refractivity contribution in [3.8, 4) is 11.6 Å². The van der Waals surface area contributed by atoms with E-state index in [0.717, 1.165) is 24.3 Å². The molecule has 6 nitrogen and oxygen atoms in total. The van der Waals surface area contributed by atoms with Crippen molar-refractivity contribution in [2.24, 2.45) is 11.8 Å². The summed E-state index contributed by atoms with van der Waals surface area (Å²) in [4.78, 5) is 18.7. The van der Waals surface area contributed by atoms with Crippen LogP contribution in [0.2, 0.25) is 0 Å². The van der Waals surface area contributed by atoms with Gasteiger partial charge in [0.05, 0.1) is 12.3 Å². The lowest BCUT2D eigenvalue weighted by molar-refractivity contribution is 0.0270. The van der Waals surface area contributed by atoms with Crippen molar-refractivity contribution in [3.05, 3.63) is 17.8 Å². The number of aryl methyl sites for hydroxylation is 1. The number of hydrogen-bond acceptors (Lipinski definition) is 5. The molecule has 0 aromatic carbocycles. The normalized spacial score (nSPS) is 18.3. The van der Waals surface area contributed by atoms with Gasteiger partial charge in [-0.15, -0.1) is 0 Å². The molecular weight excluding hydrogens is 356 g/mol. The molecule has 0 bridgehead atoms. The highest BCUT2D eigenvalue weighted by Crippen LogP contribution is 2.30. The van der Waals surface area contributed by atoms with E-state index in [0.29, 0.717) is 31.5 Å². The third kappa shape index (κ3) is 6.57. The maximum absolute atomic E-state index is 12.4. The van der Waals surface area contributed by atoms with Crippen LogP contribution in [-0.2, 0) is 4.74 Å². The molecule has 158 valence electrons. The highest BCUT2D eigenvalue weighted by atomic mass is 16.6. The first-order valence-electron chi connectivity index (χ1n) is 10.3. The lowest BCUT2D eigenvalue weighted by Crippen LogP contribution is -2.37. The topological polar surface area (TPSA) is 60.9 Å². The summed E-state index contributed by atoms with van der Waals surface area (Å²) in [5.41, 5.74) is 0.343. The third-order valence-corrected chi connectivity index (χ3v) is 4.69. The van der Waals surface area contributed by atoms with Crippen LogP contribution in [0.1, 0.15) is 60.1 Å². The van der Waals surface area contributed by atoms with Crippen molar-refractivity contribution in [1.82, 2.24) is 9.88 Å². The summed E-state index contributed by atoms with van der Waals surface area (Å²) in [6.45, 7) is 15.9. The molecule has 2 heterocycles. The summed E-state index contributed by atoms with van der Waals surface area (Å²) in [6, 6.07) is 3.78. The molecule has 0 N–H and O–H groups in total. The number of carbonyl (C=O) groups is 1. The van der Waals surface area contributed by atoms with E-state index in [1.807, 2.05) is 46.8 Å². The summed E-state index contributed by atoms with van der Waals surface area (Å²) < 4.78 is 17.4. The Hall–Kier alpha value is -1.98. The average Bonchev–Trinajstić information content (AvgIpc) is 3.05. The number of likely N-dealkylation sites (tertiary alicyclic amines) is 1. The van der Waals surface area contributed by atoms with E-state index in [2.05, 4.69) is 18.8 Å². The first-order valence-corrected chi connectivity index (χ1v) is 10.3. The largest absolute Gasteiger partial charge is 0.488 e. The van der Waals surface area contributed by atoms with E-state index in [4.69, 9.17) is 14.2 Å². The summed E-state index contributed by atoms with van der Waals surface area (Å²) in [7, 11) is 0. The zero-order valence-corrected chi connectivity index (χ0v) is 18.4. The Morgan fingerprint density at radius 1 is 1.32 bits per heavy atom. The smallest absolute Gasteiger partial charge is 0.410 e. The number of nitrogens with zero attached hydrogens (tertiary/aromatic N) is 2. The van der Waals surface area contributed by atoms with Gasteiger partial charge in [0.25, 0.3) is 0 Å². The standard InChI is InChI=1S/C22H36N2O4/c1-8-26-20-10-9-18(16(4)23-20)27-19(13-15(2)3)17-11-12-24(14-17)21(25)28-22(5,6)7/h9-10,15,17,19H,8,11-14H2,1-7H3/t17-,19?/m0/s1. The Morgan fingerprint density at radius 3 is 2.61 bits per heavy atom.